The van der Waals surface area contributed by atoms with Crippen LogP contribution in [0.4, 0.5) is 0 Å². The van der Waals surface area contributed by atoms with Gasteiger partial charge in [0.15, 0.2) is 0 Å². The molecule has 5 rings (SSSR count). The summed E-state index contributed by atoms with van der Waals surface area (Å²) >= 11 is 13.9. The molecule has 0 spiro atoms. The van der Waals surface area contributed by atoms with Crippen LogP contribution in [0, 0.1) is 11.8 Å². The van der Waals surface area contributed by atoms with Crippen molar-refractivity contribution in [1.82, 2.24) is 14.8 Å². The van der Waals surface area contributed by atoms with Gasteiger partial charge in [0.25, 0.3) is 0 Å². The van der Waals surface area contributed by atoms with Crippen molar-refractivity contribution < 1.29 is 9.59 Å². The molecule has 0 radical (unpaired) electrons. The van der Waals surface area contributed by atoms with Gasteiger partial charge in [-0.05, 0) is 101 Å². The first kappa shape index (κ1) is 28.6. The van der Waals surface area contributed by atoms with Gasteiger partial charge >= 0.3 is 0 Å². The zero-order valence-electron chi connectivity index (χ0n) is 20.6. The average molecular weight is 654 g/mol. The van der Waals surface area contributed by atoms with Crippen LogP contribution in [-0.2, 0) is 22.4 Å². The van der Waals surface area contributed by atoms with Crippen LogP contribution >= 0.6 is 43.5 Å². The van der Waals surface area contributed by atoms with Gasteiger partial charge in [0, 0.05) is 65.6 Å². The molecule has 2 aliphatic heterocycles. The Morgan fingerprint density at radius 2 is 1.62 bits per heavy atom. The molecule has 0 saturated carbocycles. The lowest BCUT2D eigenvalue weighted by Gasteiger charge is -2.38. The van der Waals surface area contributed by atoms with Crippen molar-refractivity contribution in [3.8, 4) is 0 Å². The molecule has 1 atom stereocenters. The number of fused-ring (bicyclic) bond motifs is 2. The van der Waals surface area contributed by atoms with E-state index in [1.54, 1.807) is 6.92 Å². The topological polar surface area (TPSA) is 53.5 Å². The Bertz CT molecular complexity index is 1160. The Balaban J connectivity index is 0.00000320. The zero-order chi connectivity index (χ0) is 25.4. The molecule has 2 fully saturated rings. The second-order valence-electron chi connectivity index (χ2n) is 10.5. The molecule has 37 heavy (non-hydrogen) atoms. The highest BCUT2D eigenvalue weighted by Gasteiger charge is 2.36. The van der Waals surface area contributed by atoms with Crippen LogP contribution in [0.15, 0.2) is 33.3 Å². The third-order valence-electron chi connectivity index (χ3n) is 8.30. The van der Waals surface area contributed by atoms with E-state index >= 15 is 0 Å². The molecule has 2 aromatic rings. The minimum Gasteiger partial charge on any atom is -0.343 e. The van der Waals surface area contributed by atoms with E-state index in [0.717, 1.165) is 78.7 Å². The van der Waals surface area contributed by atoms with E-state index in [1.165, 1.54) is 22.4 Å². The fraction of sp³-hybridized carbons (Fsp3) is 0.552. The highest BCUT2D eigenvalue weighted by Crippen LogP contribution is 2.46. The van der Waals surface area contributed by atoms with E-state index in [0.29, 0.717) is 18.3 Å². The number of rotatable bonds is 3. The lowest BCUT2D eigenvalue weighted by molar-refractivity contribution is -0.134. The number of piperidine rings is 2. The molecule has 2 amide bonds. The Kier molecular flexibility index (Phi) is 9.39. The van der Waals surface area contributed by atoms with Crippen molar-refractivity contribution in [3.05, 3.63) is 60.7 Å². The summed E-state index contributed by atoms with van der Waals surface area (Å²) in [7, 11) is 0. The second-order valence-corrected chi connectivity index (χ2v) is 12.7. The molecule has 2 saturated heterocycles. The minimum atomic E-state index is 0. The van der Waals surface area contributed by atoms with E-state index < -0.39 is 0 Å². The molecule has 5 nitrogen and oxygen atoms in total. The first-order chi connectivity index (χ1) is 17.3. The van der Waals surface area contributed by atoms with Gasteiger partial charge < -0.3 is 9.80 Å². The van der Waals surface area contributed by atoms with Crippen LogP contribution in [0.1, 0.15) is 74.8 Å². The number of carbonyl (C=O) groups is 2. The average Bonchev–Trinajstić information content (AvgIpc) is 3.01. The number of aromatic nitrogens is 1. The van der Waals surface area contributed by atoms with Gasteiger partial charge in [-0.3, -0.25) is 14.6 Å². The number of pyridine rings is 1. The number of likely N-dealkylation sites (tertiary alicyclic amines) is 2. The molecule has 1 aromatic heterocycles. The van der Waals surface area contributed by atoms with Crippen molar-refractivity contribution in [2.24, 2.45) is 11.8 Å². The smallest absolute Gasteiger partial charge is 0.222 e. The molecule has 1 aromatic carbocycles. The van der Waals surface area contributed by atoms with E-state index in [4.69, 9.17) is 16.6 Å². The van der Waals surface area contributed by atoms with Crippen molar-refractivity contribution in [2.75, 3.05) is 26.2 Å². The summed E-state index contributed by atoms with van der Waals surface area (Å²) in [6.45, 7) is 4.76. The van der Waals surface area contributed by atoms with Crippen LogP contribution < -0.4 is 0 Å². The van der Waals surface area contributed by atoms with Gasteiger partial charge in [0.2, 0.25) is 11.8 Å². The van der Waals surface area contributed by atoms with Crippen LogP contribution in [-0.4, -0.2) is 52.8 Å². The summed E-state index contributed by atoms with van der Waals surface area (Å²) in [6, 6.07) is 6.34. The maximum absolute atomic E-state index is 13.2. The molecule has 200 valence electrons. The van der Waals surface area contributed by atoms with Crippen LogP contribution in [0.3, 0.4) is 0 Å². The highest BCUT2D eigenvalue weighted by molar-refractivity contribution is 9.10. The minimum absolute atomic E-state index is 0. The van der Waals surface area contributed by atoms with Crippen LogP contribution in [0.2, 0.25) is 5.02 Å². The monoisotopic (exact) mass is 651 g/mol. The van der Waals surface area contributed by atoms with Gasteiger partial charge in [-0.25, -0.2) is 0 Å². The molecular weight excluding hydrogens is 618 g/mol. The lowest BCUT2D eigenvalue weighted by Crippen LogP contribution is -2.42. The van der Waals surface area contributed by atoms with Crippen molar-refractivity contribution in [2.45, 2.75) is 65.2 Å². The fourth-order valence-corrected chi connectivity index (χ4v) is 7.84. The van der Waals surface area contributed by atoms with Gasteiger partial charge in [-0.1, -0.05) is 35.0 Å². The van der Waals surface area contributed by atoms with E-state index in [-0.39, 0.29) is 25.2 Å². The molecule has 0 unspecified atom stereocenters. The largest absolute Gasteiger partial charge is 0.343 e. The number of carbonyl (C=O) groups excluding carboxylic acids is 2. The first-order valence-corrected chi connectivity index (χ1v) is 14.9. The molecular formula is C29H36Br2ClN3O2. The number of halogens is 3. The number of hydrogen-bond acceptors (Lipinski definition) is 3. The molecule has 3 heterocycles. The summed E-state index contributed by atoms with van der Waals surface area (Å²) in [5.41, 5.74) is 5.07. The summed E-state index contributed by atoms with van der Waals surface area (Å²) < 4.78 is 2.07. The molecule has 3 aliphatic rings. The summed E-state index contributed by atoms with van der Waals surface area (Å²) in [4.78, 5) is 33.7. The zero-order valence-corrected chi connectivity index (χ0v) is 24.5. The van der Waals surface area contributed by atoms with Crippen LogP contribution in [0.25, 0.3) is 0 Å². The van der Waals surface area contributed by atoms with Crippen molar-refractivity contribution in [3.63, 3.8) is 0 Å². The van der Waals surface area contributed by atoms with Crippen molar-refractivity contribution in [1.29, 1.82) is 0 Å². The molecule has 0 bridgehead atoms. The first-order valence-electron chi connectivity index (χ1n) is 13.0. The standard InChI is InChI=1S/C28H32Br2ClN3O2.CH4/c1-17(35)33-8-4-18(5-9-33)12-25(36)34-10-6-19(7-11-34)27-26-20(14-23(31)15-24(26)30)2-3-21-13-22(29)16-32-28(21)27;/h13-16,18-19,27H,2-12H2,1H3;1H4/t27-;/m1./s1. The third-order valence-corrected chi connectivity index (χ3v) is 9.61. The predicted octanol–water partition coefficient (Wildman–Crippen LogP) is 7.01. The summed E-state index contributed by atoms with van der Waals surface area (Å²) in [5, 5.41) is 0.758. The van der Waals surface area contributed by atoms with Gasteiger partial charge in [-0.15, -0.1) is 0 Å². The number of aryl methyl sites for hydroxylation is 2. The Labute approximate surface area is 242 Å². The number of benzene rings is 1. The highest BCUT2D eigenvalue weighted by atomic mass is 79.9. The normalized spacial score (nSPS) is 20.5. The maximum Gasteiger partial charge on any atom is 0.222 e. The molecule has 1 aliphatic carbocycles. The lowest BCUT2D eigenvalue weighted by atomic mass is 9.76. The number of amides is 2. The summed E-state index contributed by atoms with van der Waals surface area (Å²) in [6.07, 6.45) is 8.18. The summed E-state index contributed by atoms with van der Waals surface area (Å²) in [5.74, 6) is 1.39. The Hall–Kier alpha value is -1.44. The predicted molar refractivity (Wildman–Crippen MR) is 156 cm³/mol. The molecule has 0 N–H and O–H groups in total. The van der Waals surface area contributed by atoms with Gasteiger partial charge in [0.05, 0.1) is 5.69 Å². The third kappa shape index (κ3) is 6.25. The van der Waals surface area contributed by atoms with Gasteiger partial charge in [-0.2, -0.15) is 0 Å². The van der Waals surface area contributed by atoms with Gasteiger partial charge in [0.1, 0.15) is 0 Å². The Morgan fingerprint density at radius 3 is 2.30 bits per heavy atom. The number of nitrogens with zero attached hydrogens (tertiary/aromatic N) is 3. The van der Waals surface area contributed by atoms with E-state index in [9.17, 15) is 9.59 Å². The van der Waals surface area contributed by atoms with Crippen molar-refractivity contribution >= 4 is 55.3 Å². The fourth-order valence-electron chi connectivity index (χ4n) is 6.34. The van der Waals surface area contributed by atoms with Crippen LogP contribution in [0.5, 0.6) is 0 Å². The SMILES string of the molecule is C.CC(=O)N1CCC(CC(=O)N2CCC([C@H]3c4ncc(Br)cc4CCc4cc(Cl)cc(Br)c43)CC2)CC1. The van der Waals surface area contributed by atoms with E-state index in [1.807, 2.05) is 17.2 Å². The second kappa shape index (κ2) is 12.2. The number of hydrogen-bond donors (Lipinski definition) is 0. The molecule has 8 heteroatoms. The van der Waals surface area contributed by atoms with E-state index in [2.05, 4.69) is 48.9 Å². The maximum atomic E-state index is 13.2. The quantitative estimate of drug-likeness (QED) is 0.358. The Morgan fingerprint density at radius 1 is 0.973 bits per heavy atom.